The predicted octanol–water partition coefficient (Wildman–Crippen LogP) is 1.07. The minimum absolute atomic E-state index is 0.0516. The van der Waals surface area contributed by atoms with Crippen LogP contribution in [0, 0.1) is 0 Å². The molecule has 0 aliphatic carbocycles. The fraction of sp³-hybridized carbons (Fsp3) is 0.368. The van der Waals surface area contributed by atoms with E-state index in [2.05, 4.69) is 21.0 Å². The number of anilines is 4. The van der Waals surface area contributed by atoms with Crippen LogP contribution in [0.2, 0.25) is 0 Å². The van der Waals surface area contributed by atoms with Gasteiger partial charge in [0.05, 0.1) is 47.1 Å². The highest BCUT2D eigenvalue weighted by Crippen LogP contribution is 2.38. The van der Waals surface area contributed by atoms with Gasteiger partial charge in [0.25, 0.3) is 5.91 Å². The van der Waals surface area contributed by atoms with Crippen LogP contribution in [0.25, 0.3) is 6.20 Å². The highest BCUT2D eigenvalue weighted by molar-refractivity contribution is 7.91. The van der Waals surface area contributed by atoms with E-state index in [0.29, 0.717) is 67.8 Å². The first kappa shape index (κ1) is 18.9. The van der Waals surface area contributed by atoms with Crippen molar-refractivity contribution in [1.29, 1.82) is 0 Å². The van der Waals surface area contributed by atoms with Crippen molar-refractivity contribution >= 4 is 44.8 Å². The van der Waals surface area contributed by atoms with Crippen LogP contribution >= 0.6 is 0 Å². The number of rotatable bonds is 3. The molecule has 3 aliphatic heterocycles. The number of aromatic nitrogens is 2. The Balaban J connectivity index is 1.54. The maximum Gasteiger partial charge on any atom is 0.261 e. The van der Waals surface area contributed by atoms with E-state index in [0.717, 1.165) is 0 Å². The molecule has 1 fully saturated rings. The van der Waals surface area contributed by atoms with Gasteiger partial charge in [0.15, 0.2) is 9.84 Å². The number of carbonyl (C=O) groups is 1. The lowest BCUT2D eigenvalue weighted by Gasteiger charge is -2.32. The molecule has 3 N–H and O–H groups in total. The molecule has 0 radical (unpaired) electrons. The lowest BCUT2D eigenvalue weighted by atomic mass is 10.1. The fourth-order valence-corrected chi connectivity index (χ4v) is 5.22. The van der Waals surface area contributed by atoms with Crippen LogP contribution in [0.5, 0.6) is 0 Å². The smallest absolute Gasteiger partial charge is 0.261 e. The van der Waals surface area contributed by atoms with E-state index in [4.69, 9.17) is 4.74 Å². The normalized spacial score (nSPS) is 19.3. The summed E-state index contributed by atoms with van der Waals surface area (Å²) in [6.45, 7) is 3.28. The third-order valence-electron chi connectivity index (χ3n) is 5.39. The van der Waals surface area contributed by atoms with Crippen molar-refractivity contribution in [3.05, 3.63) is 30.0 Å². The number of hydrogen-bond acceptors (Lipinski definition) is 8. The maximum atomic E-state index is 13.1. The number of nitrogens with zero attached hydrogens (tertiary/aromatic N) is 3. The molecule has 158 valence electrons. The van der Waals surface area contributed by atoms with Crippen molar-refractivity contribution in [2.45, 2.75) is 4.90 Å². The lowest BCUT2D eigenvalue weighted by Crippen LogP contribution is -2.37. The standard InChI is InChI=1S/C19H22N6O4S/c26-19(13-12-22-25-4-1-2-21-18(13)25)23-14-10-15-17(30(27,28)9-3-20-15)11-16(14)24-5-7-29-8-6-24/h1,4,10-12,20-21H,2-3,5-9H2,(H,23,26). The highest BCUT2D eigenvalue weighted by atomic mass is 32.2. The second-order valence-corrected chi connectivity index (χ2v) is 9.36. The molecule has 1 amide bonds. The molecule has 3 aliphatic rings. The molecule has 30 heavy (non-hydrogen) atoms. The summed E-state index contributed by atoms with van der Waals surface area (Å²) < 4.78 is 32.2. The van der Waals surface area contributed by atoms with E-state index >= 15 is 0 Å². The van der Waals surface area contributed by atoms with E-state index in [1.54, 1.807) is 23.0 Å². The van der Waals surface area contributed by atoms with Crippen LogP contribution in [0.1, 0.15) is 10.4 Å². The number of morpholine rings is 1. The Morgan fingerprint density at radius 1 is 1.20 bits per heavy atom. The van der Waals surface area contributed by atoms with Gasteiger partial charge in [-0.2, -0.15) is 5.10 Å². The summed E-state index contributed by atoms with van der Waals surface area (Å²) in [5.74, 6) is 0.365. The van der Waals surface area contributed by atoms with Crippen LogP contribution in [-0.4, -0.2) is 69.3 Å². The molecule has 0 saturated carbocycles. The summed E-state index contributed by atoms with van der Waals surface area (Å²) in [6, 6.07) is 3.37. The molecule has 0 unspecified atom stereocenters. The van der Waals surface area contributed by atoms with Crippen LogP contribution < -0.4 is 20.9 Å². The molecular formula is C19H22N6O4S. The molecule has 1 aromatic carbocycles. The monoisotopic (exact) mass is 430 g/mol. The summed E-state index contributed by atoms with van der Waals surface area (Å²) >= 11 is 0. The molecule has 11 heteroatoms. The number of sulfone groups is 1. The van der Waals surface area contributed by atoms with Crippen LogP contribution in [0.3, 0.4) is 0 Å². The van der Waals surface area contributed by atoms with Gasteiger partial charge in [-0.3, -0.25) is 4.79 Å². The zero-order chi connectivity index (χ0) is 20.7. The third-order valence-corrected chi connectivity index (χ3v) is 7.14. The summed E-state index contributed by atoms with van der Waals surface area (Å²) in [5.41, 5.74) is 2.15. The van der Waals surface area contributed by atoms with E-state index in [1.807, 2.05) is 11.0 Å². The predicted molar refractivity (Wildman–Crippen MR) is 114 cm³/mol. The highest BCUT2D eigenvalue weighted by Gasteiger charge is 2.28. The van der Waals surface area contributed by atoms with E-state index in [-0.39, 0.29) is 16.6 Å². The van der Waals surface area contributed by atoms with Gasteiger partial charge in [-0.15, -0.1) is 0 Å². The van der Waals surface area contributed by atoms with Crippen molar-refractivity contribution in [3.63, 3.8) is 0 Å². The summed E-state index contributed by atoms with van der Waals surface area (Å²) in [7, 11) is -3.37. The van der Waals surface area contributed by atoms with Gasteiger partial charge in [-0.1, -0.05) is 0 Å². The number of benzene rings is 1. The number of fused-ring (bicyclic) bond motifs is 2. The van der Waals surface area contributed by atoms with Crippen LogP contribution in [-0.2, 0) is 14.6 Å². The lowest BCUT2D eigenvalue weighted by molar-refractivity contribution is 0.102. The van der Waals surface area contributed by atoms with Crippen molar-refractivity contribution in [1.82, 2.24) is 9.78 Å². The van der Waals surface area contributed by atoms with Gasteiger partial charge in [-0.25, -0.2) is 13.1 Å². The van der Waals surface area contributed by atoms with Gasteiger partial charge in [-0.05, 0) is 18.2 Å². The first-order valence-electron chi connectivity index (χ1n) is 9.80. The van der Waals surface area contributed by atoms with Gasteiger partial charge in [0.2, 0.25) is 0 Å². The van der Waals surface area contributed by atoms with E-state index < -0.39 is 9.84 Å². The van der Waals surface area contributed by atoms with Crippen molar-refractivity contribution in [2.75, 3.05) is 66.0 Å². The molecule has 0 atom stereocenters. The Bertz CT molecular complexity index is 1130. The Morgan fingerprint density at radius 2 is 2.03 bits per heavy atom. The summed E-state index contributed by atoms with van der Waals surface area (Å²) in [4.78, 5) is 15.4. The number of carbonyl (C=O) groups excluding carboxylic acids is 1. The van der Waals surface area contributed by atoms with Gasteiger partial charge < -0.3 is 25.6 Å². The zero-order valence-corrected chi connectivity index (χ0v) is 17.0. The largest absolute Gasteiger partial charge is 0.383 e. The molecule has 2 aromatic rings. The minimum Gasteiger partial charge on any atom is -0.383 e. The average molecular weight is 430 g/mol. The average Bonchev–Trinajstić information content (AvgIpc) is 3.18. The third kappa shape index (κ3) is 3.29. The first-order valence-corrected chi connectivity index (χ1v) is 11.4. The van der Waals surface area contributed by atoms with Gasteiger partial charge in [0.1, 0.15) is 11.4 Å². The van der Waals surface area contributed by atoms with Crippen molar-refractivity contribution in [2.24, 2.45) is 0 Å². The molecular weight excluding hydrogens is 408 g/mol. The molecule has 4 heterocycles. The second kappa shape index (κ2) is 7.33. The fourth-order valence-electron chi connectivity index (χ4n) is 3.88. The molecule has 1 saturated heterocycles. The van der Waals surface area contributed by atoms with Crippen LogP contribution in [0.4, 0.5) is 22.9 Å². The Hall–Kier alpha value is -3.05. The molecule has 0 bridgehead atoms. The number of amides is 1. The zero-order valence-electron chi connectivity index (χ0n) is 16.2. The maximum absolute atomic E-state index is 13.1. The van der Waals surface area contributed by atoms with Gasteiger partial charge >= 0.3 is 0 Å². The van der Waals surface area contributed by atoms with Gasteiger partial charge in [0, 0.05) is 32.4 Å². The van der Waals surface area contributed by atoms with E-state index in [9.17, 15) is 13.2 Å². The number of nitrogens with one attached hydrogen (secondary N) is 3. The molecule has 10 nitrogen and oxygen atoms in total. The van der Waals surface area contributed by atoms with Crippen LogP contribution in [0.15, 0.2) is 29.3 Å². The molecule has 1 aromatic heterocycles. The Labute approximate surface area is 173 Å². The van der Waals surface area contributed by atoms with Crippen molar-refractivity contribution in [3.8, 4) is 0 Å². The minimum atomic E-state index is -3.37. The molecule has 0 spiro atoms. The molecule has 5 rings (SSSR count). The summed E-state index contributed by atoms with van der Waals surface area (Å²) in [5, 5.41) is 13.5. The quantitative estimate of drug-likeness (QED) is 0.662. The second-order valence-electron chi connectivity index (χ2n) is 7.28. The number of ether oxygens (including phenoxy) is 1. The first-order chi connectivity index (χ1) is 14.5. The van der Waals surface area contributed by atoms with E-state index in [1.165, 1.54) is 6.20 Å². The Morgan fingerprint density at radius 3 is 2.87 bits per heavy atom. The SMILES string of the molecule is O=C(Nc1cc2c(cc1N1CCOCC1)S(=O)(=O)CCN2)c1cnn2c1NCC=C2. The number of hydrogen-bond donors (Lipinski definition) is 3. The summed E-state index contributed by atoms with van der Waals surface area (Å²) in [6.07, 6.45) is 5.23. The van der Waals surface area contributed by atoms with Crippen molar-refractivity contribution < 1.29 is 17.9 Å². The topological polar surface area (TPSA) is 118 Å². The Kier molecular flexibility index (Phi) is 4.63.